The minimum absolute atomic E-state index is 0.866. The maximum absolute atomic E-state index is 5.25. The Morgan fingerprint density at radius 1 is 1.00 bits per heavy atom. The molecule has 0 amide bonds. The third kappa shape index (κ3) is 3.06. The lowest BCUT2D eigenvalue weighted by atomic mass is 10.2. The standard InChI is InChI=1S/C17H13Br2NO/c1-21-13-6-8-17-11(10-13)9-12(20-17)5-7-14-15(18)3-2-4-16(14)19/h2-10,20H,1H3/b7-5+. The number of hydrogen-bond donors (Lipinski definition) is 1. The van der Waals surface area contributed by atoms with Crippen molar-refractivity contribution in [2.75, 3.05) is 7.11 Å². The lowest BCUT2D eigenvalue weighted by Gasteiger charge is -2.00. The summed E-state index contributed by atoms with van der Waals surface area (Å²) in [6, 6.07) is 14.2. The van der Waals surface area contributed by atoms with Gasteiger partial charge in [0, 0.05) is 31.1 Å². The van der Waals surface area contributed by atoms with Crippen molar-refractivity contribution < 1.29 is 4.74 Å². The predicted octanol–water partition coefficient (Wildman–Crippen LogP) is 5.87. The minimum Gasteiger partial charge on any atom is -0.497 e. The second-order valence-electron chi connectivity index (χ2n) is 4.65. The topological polar surface area (TPSA) is 25.0 Å². The average molecular weight is 407 g/mol. The molecule has 0 bridgehead atoms. The van der Waals surface area contributed by atoms with Gasteiger partial charge in [-0.05, 0) is 42.5 Å². The van der Waals surface area contributed by atoms with Crippen LogP contribution in [0.1, 0.15) is 11.3 Å². The number of aromatic amines is 1. The van der Waals surface area contributed by atoms with Gasteiger partial charge in [-0.2, -0.15) is 0 Å². The molecule has 106 valence electrons. The van der Waals surface area contributed by atoms with Gasteiger partial charge in [0.25, 0.3) is 0 Å². The first-order valence-corrected chi connectivity index (χ1v) is 8.05. The zero-order valence-corrected chi connectivity index (χ0v) is 14.5. The maximum Gasteiger partial charge on any atom is 0.119 e. The van der Waals surface area contributed by atoms with Crippen LogP contribution in [-0.2, 0) is 0 Å². The van der Waals surface area contributed by atoms with E-state index in [1.807, 2.05) is 36.4 Å². The molecule has 21 heavy (non-hydrogen) atoms. The summed E-state index contributed by atoms with van der Waals surface area (Å²) in [5.41, 5.74) is 3.27. The quantitative estimate of drug-likeness (QED) is 0.577. The van der Waals surface area contributed by atoms with Crippen molar-refractivity contribution >= 4 is 54.9 Å². The predicted molar refractivity (Wildman–Crippen MR) is 95.6 cm³/mol. The Hall–Kier alpha value is -1.52. The monoisotopic (exact) mass is 405 g/mol. The number of H-pyrrole nitrogens is 1. The molecule has 1 N–H and O–H groups in total. The van der Waals surface area contributed by atoms with Gasteiger partial charge < -0.3 is 9.72 Å². The average Bonchev–Trinajstić information content (AvgIpc) is 2.88. The molecular formula is C17H13Br2NO. The molecule has 3 aromatic rings. The zero-order chi connectivity index (χ0) is 14.8. The first-order chi connectivity index (χ1) is 10.2. The molecule has 0 unspecified atom stereocenters. The van der Waals surface area contributed by atoms with Crippen LogP contribution in [0.15, 0.2) is 51.4 Å². The summed E-state index contributed by atoms with van der Waals surface area (Å²) in [7, 11) is 1.68. The highest BCUT2D eigenvalue weighted by Crippen LogP contribution is 2.28. The number of hydrogen-bond acceptors (Lipinski definition) is 1. The van der Waals surface area contributed by atoms with E-state index in [4.69, 9.17) is 4.74 Å². The summed E-state index contributed by atoms with van der Waals surface area (Å²) in [6.07, 6.45) is 4.15. The van der Waals surface area contributed by atoms with Crippen LogP contribution in [0.2, 0.25) is 0 Å². The Bertz CT molecular complexity index is 801. The Kier molecular flexibility index (Phi) is 4.17. The molecule has 1 aromatic heterocycles. The van der Waals surface area contributed by atoms with Gasteiger partial charge in [-0.25, -0.2) is 0 Å². The number of fused-ring (bicyclic) bond motifs is 1. The van der Waals surface area contributed by atoms with Crippen molar-refractivity contribution in [1.82, 2.24) is 4.98 Å². The van der Waals surface area contributed by atoms with Crippen LogP contribution in [0.3, 0.4) is 0 Å². The first kappa shape index (κ1) is 14.4. The summed E-state index contributed by atoms with van der Waals surface area (Å²) in [5, 5.41) is 1.14. The van der Waals surface area contributed by atoms with Crippen molar-refractivity contribution in [3.05, 3.63) is 62.7 Å². The highest BCUT2D eigenvalue weighted by Gasteiger charge is 2.02. The normalized spacial score (nSPS) is 11.4. The second kappa shape index (κ2) is 6.08. The van der Waals surface area contributed by atoms with Gasteiger partial charge >= 0.3 is 0 Å². The van der Waals surface area contributed by atoms with Crippen molar-refractivity contribution in [2.45, 2.75) is 0 Å². The molecule has 0 spiro atoms. The van der Waals surface area contributed by atoms with Crippen molar-refractivity contribution in [3.63, 3.8) is 0 Å². The number of rotatable bonds is 3. The molecule has 1 heterocycles. The van der Waals surface area contributed by atoms with E-state index in [-0.39, 0.29) is 0 Å². The van der Waals surface area contributed by atoms with Crippen molar-refractivity contribution in [1.29, 1.82) is 0 Å². The van der Waals surface area contributed by atoms with E-state index < -0.39 is 0 Å². The highest BCUT2D eigenvalue weighted by atomic mass is 79.9. The van der Waals surface area contributed by atoms with Gasteiger partial charge in [-0.1, -0.05) is 44.0 Å². The highest BCUT2D eigenvalue weighted by molar-refractivity contribution is 9.11. The number of aromatic nitrogens is 1. The van der Waals surface area contributed by atoms with Gasteiger partial charge in [0.05, 0.1) is 7.11 Å². The number of methoxy groups -OCH3 is 1. The number of nitrogens with one attached hydrogen (secondary N) is 1. The SMILES string of the molecule is COc1ccc2[nH]c(/C=C/c3c(Br)cccc3Br)cc2c1. The van der Waals surface area contributed by atoms with Crippen LogP contribution < -0.4 is 4.74 Å². The molecule has 0 fully saturated rings. The number of halogens is 2. The zero-order valence-electron chi connectivity index (χ0n) is 11.4. The smallest absolute Gasteiger partial charge is 0.119 e. The van der Waals surface area contributed by atoms with Gasteiger partial charge in [-0.3, -0.25) is 0 Å². The summed E-state index contributed by atoms with van der Waals surface area (Å²) in [5.74, 6) is 0.866. The summed E-state index contributed by atoms with van der Waals surface area (Å²) in [4.78, 5) is 3.38. The first-order valence-electron chi connectivity index (χ1n) is 6.46. The van der Waals surface area contributed by atoms with Crippen LogP contribution in [0.25, 0.3) is 23.1 Å². The van der Waals surface area contributed by atoms with E-state index >= 15 is 0 Å². The fourth-order valence-electron chi connectivity index (χ4n) is 2.19. The summed E-state index contributed by atoms with van der Waals surface area (Å²) < 4.78 is 7.37. The molecule has 0 aliphatic rings. The minimum atomic E-state index is 0.866. The second-order valence-corrected chi connectivity index (χ2v) is 6.36. The van der Waals surface area contributed by atoms with Crippen LogP contribution in [0.5, 0.6) is 5.75 Å². The lowest BCUT2D eigenvalue weighted by molar-refractivity contribution is 0.415. The largest absolute Gasteiger partial charge is 0.497 e. The fraction of sp³-hybridized carbons (Fsp3) is 0.0588. The molecule has 2 aromatic carbocycles. The van der Waals surface area contributed by atoms with Gasteiger partial charge in [-0.15, -0.1) is 0 Å². The number of ether oxygens (including phenoxy) is 1. The van der Waals surface area contributed by atoms with E-state index in [9.17, 15) is 0 Å². The molecule has 0 atom stereocenters. The third-order valence-electron chi connectivity index (χ3n) is 3.28. The molecule has 0 radical (unpaired) electrons. The molecule has 0 saturated carbocycles. The van der Waals surface area contributed by atoms with E-state index in [1.54, 1.807) is 7.11 Å². The summed E-state index contributed by atoms with van der Waals surface area (Å²) >= 11 is 7.13. The lowest BCUT2D eigenvalue weighted by Crippen LogP contribution is -1.80. The third-order valence-corrected chi connectivity index (χ3v) is 4.66. The molecule has 0 saturated heterocycles. The molecular weight excluding hydrogens is 394 g/mol. The van der Waals surface area contributed by atoms with E-state index in [1.165, 1.54) is 0 Å². The molecule has 4 heteroatoms. The molecule has 3 rings (SSSR count). The van der Waals surface area contributed by atoms with Crippen LogP contribution >= 0.6 is 31.9 Å². The maximum atomic E-state index is 5.25. The number of benzene rings is 2. The molecule has 0 aliphatic carbocycles. The van der Waals surface area contributed by atoms with Gasteiger partial charge in [0.15, 0.2) is 0 Å². The van der Waals surface area contributed by atoms with Crippen LogP contribution in [-0.4, -0.2) is 12.1 Å². The Labute approximate surface area is 140 Å². The van der Waals surface area contributed by atoms with Crippen LogP contribution in [0.4, 0.5) is 0 Å². The van der Waals surface area contributed by atoms with Gasteiger partial charge in [0.2, 0.25) is 0 Å². The van der Waals surface area contributed by atoms with E-state index in [0.717, 1.165) is 36.9 Å². The van der Waals surface area contributed by atoms with Crippen molar-refractivity contribution in [3.8, 4) is 5.75 Å². The van der Waals surface area contributed by atoms with Crippen molar-refractivity contribution in [2.24, 2.45) is 0 Å². The van der Waals surface area contributed by atoms with Crippen LogP contribution in [0, 0.1) is 0 Å². The Morgan fingerprint density at radius 3 is 2.48 bits per heavy atom. The summed E-state index contributed by atoms with van der Waals surface area (Å²) in [6.45, 7) is 0. The fourth-order valence-corrected chi connectivity index (χ4v) is 3.46. The Morgan fingerprint density at radius 2 is 1.76 bits per heavy atom. The van der Waals surface area contributed by atoms with E-state index in [0.29, 0.717) is 0 Å². The molecule has 2 nitrogen and oxygen atoms in total. The Balaban J connectivity index is 1.96. The molecule has 0 aliphatic heterocycles. The van der Waals surface area contributed by atoms with Gasteiger partial charge in [0.1, 0.15) is 5.75 Å². The van der Waals surface area contributed by atoms with E-state index in [2.05, 4.69) is 55.1 Å².